The van der Waals surface area contributed by atoms with Gasteiger partial charge in [0.05, 0.1) is 21.5 Å². The average Bonchev–Trinajstić information content (AvgIpc) is 3.41. The maximum atomic E-state index is 12.1. The topological polar surface area (TPSA) is 71.0 Å². The van der Waals surface area contributed by atoms with Crippen LogP contribution in [0.25, 0.3) is 0 Å². The zero-order chi connectivity index (χ0) is 18.8. The molecule has 2 aliphatic heterocycles. The highest BCUT2D eigenvalue weighted by atomic mass is 35.5. The van der Waals surface area contributed by atoms with Crippen LogP contribution in [0, 0.1) is 0 Å². The largest absolute Gasteiger partial charge is 0.390 e. The second-order valence-electron chi connectivity index (χ2n) is 6.48. The second kappa shape index (κ2) is 7.70. The Balaban J connectivity index is 1.31. The second-order valence-corrected chi connectivity index (χ2v) is 8.19. The molecule has 1 unspecified atom stereocenters. The lowest BCUT2D eigenvalue weighted by atomic mass is 10.0. The summed E-state index contributed by atoms with van der Waals surface area (Å²) >= 11 is 7.10. The molecule has 140 valence electrons. The molecule has 2 aromatic rings. The number of hydrogen-bond donors (Lipinski definition) is 1. The van der Waals surface area contributed by atoms with E-state index in [-0.39, 0.29) is 17.9 Å². The highest BCUT2D eigenvalue weighted by Gasteiger charge is 2.25. The van der Waals surface area contributed by atoms with Crippen LogP contribution in [0.3, 0.4) is 0 Å². The summed E-state index contributed by atoms with van der Waals surface area (Å²) in [5.74, 6) is 0.00991. The van der Waals surface area contributed by atoms with Gasteiger partial charge in [-0.25, -0.2) is 0 Å². The first kappa shape index (κ1) is 18.0. The third kappa shape index (κ3) is 3.99. The SMILES string of the molecule is O=C(NCC1CC(c2ccc(N3CCCC3=O)cc2)=NO1)c1ccc(Cl)s1. The van der Waals surface area contributed by atoms with Gasteiger partial charge in [-0.05, 0) is 36.2 Å². The van der Waals surface area contributed by atoms with Crippen LogP contribution in [0.1, 0.15) is 34.5 Å². The molecule has 27 heavy (non-hydrogen) atoms. The minimum Gasteiger partial charge on any atom is -0.390 e. The summed E-state index contributed by atoms with van der Waals surface area (Å²) in [7, 11) is 0. The van der Waals surface area contributed by atoms with E-state index in [1.54, 1.807) is 12.1 Å². The molecule has 1 fully saturated rings. The van der Waals surface area contributed by atoms with Gasteiger partial charge >= 0.3 is 0 Å². The highest BCUT2D eigenvalue weighted by molar-refractivity contribution is 7.17. The van der Waals surface area contributed by atoms with E-state index in [4.69, 9.17) is 16.4 Å². The van der Waals surface area contributed by atoms with Crippen LogP contribution in [0.5, 0.6) is 0 Å². The molecule has 2 aliphatic rings. The Morgan fingerprint density at radius 3 is 2.78 bits per heavy atom. The van der Waals surface area contributed by atoms with Crippen LogP contribution in [0.4, 0.5) is 5.69 Å². The number of hydrogen-bond acceptors (Lipinski definition) is 5. The molecule has 0 bridgehead atoms. The van der Waals surface area contributed by atoms with Crippen LogP contribution in [-0.2, 0) is 9.63 Å². The Labute approximate surface area is 165 Å². The Bertz CT molecular complexity index is 894. The zero-order valence-electron chi connectivity index (χ0n) is 14.5. The number of benzene rings is 1. The minimum absolute atomic E-state index is 0.163. The van der Waals surface area contributed by atoms with Gasteiger partial charge in [-0.15, -0.1) is 11.3 Å². The molecule has 4 rings (SSSR count). The Morgan fingerprint density at radius 2 is 2.11 bits per heavy atom. The standard InChI is InChI=1S/C19H18ClN3O3S/c20-17-8-7-16(27-17)19(25)21-11-14-10-15(22-26-14)12-3-5-13(6-4-12)23-9-1-2-18(23)24/h3-8,14H,1-2,9-11H2,(H,21,25). The number of amides is 2. The molecule has 1 N–H and O–H groups in total. The van der Waals surface area contributed by atoms with Gasteiger partial charge in [-0.3, -0.25) is 9.59 Å². The molecule has 2 amide bonds. The van der Waals surface area contributed by atoms with Crippen LogP contribution < -0.4 is 10.2 Å². The minimum atomic E-state index is -0.195. The summed E-state index contributed by atoms with van der Waals surface area (Å²) in [5, 5.41) is 7.00. The van der Waals surface area contributed by atoms with Crippen molar-refractivity contribution in [2.24, 2.45) is 5.16 Å². The van der Waals surface area contributed by atoms with Gasteiger partial charge in [0.25, 0.3) is 5.91 Å². The van der Waals surface area contributed by atoms with Crippen LogP contribution in [0.15, 0.2) is 41.6 Å². The van der Waals surface area contributed by atoms with Crippen molar-refractivity contribution < 1.29 is 14.4 Å². The lowest BCUT2D eigenvalue weighted by molar-refractivity contribution is -0.117. The van der Waals surface area contributed by atoms with E-state index in [0.29, 0.717) is 28.6 Å². The van der Waals surface area contributed by atoms with E-state index in [0.717, 1.165) is 29.9 Å². The van der Waals surface area contributed by atoms with E-state index in [2.05, 4.69) is 10.5 Å². The van der Waals surface area contributed by atoms with Crippen molar-refractivity contribution in [1.82, 2.24) is 5.32 Å². The fourth-order valence-corrected chi connectivity index (χ4v) is 4.15. The van der Waals surface area contributed by atoms with Gasteiger partial charge in [-0.1, -0.05) is 28.9 Å². The molecule has 0 saturated carbocycles. The molecule has 3 heterocycles. The van der Waals surface area contributed by atoms with Crippen molar-refractivity contribution in [3.05, 3.63) is 51.2 Å². The highest BCUT2D eigenvalue weighted by Crippen LogP contribution is 2.24. The number of thiophene rings is 1. The Kier molecular flexibility index (Phi) is 5.13. The van der Waals surface area contributed by atoms with E-state index in [9.17, 15) is 9.59 Å². The van der Waals surface area contributed by atoms with Crippen molar-refractivity contribution in [3.63, 3.8) is 0 Å². The predicted molar refractivity (Wildman–Crippen MR) is 106 cm³/mol. The number of carbonyl (C=O) groups is 2. The van der Waals surface area contributed by atoms with E-state index in [1.165, 1.54) is 11.3 Å². The quantitative estimate of drug-likeness (QED) is 0.831. The number of nitrogens with zero attached hydrogens (tertiary/aromatic N) is 2. The van der Waals surface area contributed by atoms with Crippen molar-refractivity contribution in [1.29, 1.82) is 0 Å². The lowest BCUT2D eigenvalue weighted by Crippen LogP contribution is -2.31. The number of anilines is 1. The predicted octanol–water partition coefficient (Wildman–Crippen LogP) is 3.45. The molecular weight excluding hydrogens is 386 g/mol. The summed E-state index contributed by atoms with van der Waals surface area (Å²) in [6.07, 6.45) is 1.95. The fraction of sp³-hybridized carbons (Fsp3) is 0.316. The van der Waals surface area contributed by atoms with Gasteiger partial charge < -0.3 is 15.1 Å². The third-order valence-electron chi connectivity index (χ3n) is 4.61. The van der Waals surface area contributed by atoms with Crippen molar-refractivity contribution in [3.8, 4) is 0 Å². The first-order valence-corrected chi connectivity index (χ1v) is 9.96. The molecule has 1 aromatic heterocycles. The van der Waals surface area contributed by atoms with Crippen molar-refractivity contribution in [2.75, 3.05) is 18.0 Å². The molecule has 8 heteroatoms. The van der Waals surface area contributed by atoms with Gasteiger partial charge in [0, 0.05) is 25.1 Å². The maximum absolute atomic E-state index is 12.1. The molecule has 0 aliphatic carbocycles. The first-order valence-electron chi connectivity index (χ1n) is 8.77. The Hall–Kier alpha value is -2.38. The van der Waals surface area contributed by atoms with Gasteiger partial charge in [-0.2, -0.15) is 0 Å². The number of carbonyl (C=O) groups excluding carboxylic acids is 2. The molecule has 1 aromatic carbocycles. The number of nitrogens with one attached hydrogen (secondary N) is 1. The molecule has 1 saturated heterocycles. The zero-order valence-corrected chi connectivity index (χ0v) is 16.1. The maximum Gasteiger partial charge on any atom is 0.261 e. The molecular formula is C19H18ClN3O3S. The number of rotatable bonds is 5. The summed E-state index contributed by atoms with van der Waals surface area (Å²) in [6.45, 7) is 1.15. The lowest BCUT2D eigenvalue weighted by Gasteiger charge is -2.15. The first-order chi connectivity index (χ1) is 13.1. The van der Waals surface area contributed by atoms with Crippen LogP contribution in [0.2, 0.25) is 4.34 Å². The van der Waals surface area contributed by atoms with Gasteiger partial charge in [0.2, 0.25) is 5.91 Å². The third-order valence-corrected chi connectivity index (χ3v) is 5.84. The van der Waals surface area contributed by atoms with E-state index >= 15 is 0 Å². The summed E-state index contributed by atoms with van der Waals surface area (Å²) in [6, 6.07) is 11.2. The normalized spacial score (nSPS) is 19.1. The van der Waals surface area contributed by atoms with Crippen LogP contribution in [-0.4, -0.2) is 36.7 Å². The smallest absolute Gasteiger partial charge is 0.261 e. The van der Waals surface area contributed by atoms with Crippen molar-refractivity contribution in [2.45, 2.75) is 25.4 Å². The molecule has 1 atom stereocenters. The van der Waals surface area contributed by atoms with Gasteiger partial charge in [0.15, 0.2) is 0 Å². The Morgan fingerprint density at radius 1 is 1.30 bits per heavy atom. The van der Waals surface area contributed by atoms with Gasteiger partial charge in [0.1, 0.15) is 6.10 Å². The van der Waals surface area contributed by atoms with Crippen molar-refractivity contribution >= 4 is 46.2 Å². The molecule has 6 nitrogen and oxygen atoms in total. The number of oxime groups is 1. The van der Waals surface area contributed by atoms with E-state index in [1.807, 2.05) is 29.2 Å². The number of halogens is 1. The van der Waals surface area contributed by atoms with Crippen LogP contribution >= 0.6 is 22.9 Å². The molecule has 0 radical (unpaired) electrons. The molecule has 0 spiro atoms. The fourth-order valence-electron chi connectivity index (χ4n) is 3.19. The summed E-state index contributed by atoms with van der Waals surface area (Å²) in [4.78, 5) is 31.7. The summed E-state index contributed by atoms with van der Waals surface area (Å²) in [5.41, 5.74) is 2.72. The summed E-state index contributed by atoms with van der Waals surface area (Å²) < 4.78 is 0.585. The monoisotopic (exact) mass is 403 g/mol. The van der Waals surface area contributed by atoms with E-state index < -0.39 is 0 Å². The average molecular weight is 404 g/mol.